The third-order valence-electron chi connectivity index (χ3n) is 2.04. The molecular weight excluding hydrogens is 422 g/mol. The number of thioether (sulfide) groups is 6. The Morgan fingerprint density at radius 1 is 0.773 bits per heavy atom. The number of carboxylic acid groups (broad SMARTS) is 2. The second kappa shape index (κ2) is 11.1. The predicted octanol–water partition coefficient (Wildman–Crippen LogP) is -4.35. The summed E-state index contributed by atoms with van der Waals surface area (Å²) in [5.41, 5.74) is 0. The van der Waals surface area contributed by atoms with Crippen LogP contribution in [-0.4, -0.2) is 24.5 Å². The van der Waals surface area contributed by atoms with Gasteiger partial charge in [0.15, 0.2) is 0 Å². The van der Waals surface area contributed by atoms with E-state index >= 15 is 0 Å². The van der Waals surface area contributed by atoms with Gasteiger partial charge in [0.05, 0.1) is 38.7 Å². The fourth-order valence-electron chi connectivity index (χ4n) is 1.26. The maximum absolute atomic E-state index is 11.0. The standard InChI is InChI=1S/C10H8O4S6.2Na/c1-15-7-8(16-2)20-10(19-7)9-17-3(5(11)12)4(18-9)6(13)14;;/h1-2H3,(H,11,12)(H,13,14);;/q;2*+1/p-2. The van der Waals surface area contributed by atoms with Gasteiger partial charge in [0.2, 0.25) is 0 Å². The molecule has 0 saturated heterocycles. The molecule has 0 saturated carbocycles. The third-order valence-corrected chi connectivity index (χ3v) is 10.3. The van der Waals surface area contributed by atoms with Crippen molar-refractivity contribution >= 4 is 82.5 Å². The van der Waals surface area contributed by atoms with Crippen molar-refractivity contribution in [1.82, 2.24) is 0 Å². The third kappa shape index (κ3) is 5.63. The van der Waals surface area contributed by atoms with Gasteiger partial charge in [-0.2, -0.15) is 0 Å². The zero-order valence-electron chi connectivity index (χ0n) is 12.1. The molecule has 0 radical (unpaired) electrons. The molecule has 0 N–H and O–H groups in total. The summed E-state index contributed by atoms with van der Waals surface area (Å²) in [6.07, 6.45) is 3.94. The summed E-state index contributed by atoms with van der Waals surface area (Å²) < 4.78 is 3.85. The number of rotatable bonds is 4. The molecule has 2 rings (SSSR count). The maximum atomic E-state index is 11.0. The largest absolute Gasteiger partial charge is 1.00 e. The molecule has 0 atom stereocenters. The average molecular weight is 429 g/mol. The smallest absolute Gasteiger partial charge is 0.544 e. The molecule has 0 aromatic heterocycles. The molecule has 4 nitrogen and oxygen atoms in total. The first-order chi connectivity index (χ1) is 9.47. The summed E-state index contributed by atoms with van der Waals surface area (Å²) in [6.45, 7) is 0. The van der Waals surface area contributed by atoms with Gasteiger partial charge in [0.25, 0.3) is 0 Å². The monoisotopic (exact) mass is 428 g/mol. The van der Waals surface area contributed by atoms with Crippen molar-refractivity contribution in [3.05, 3.63) is 26.8 Å². The van der Waals surface area contributed by atoms with Gasteiger partial charge in [-0.15, -0.1) is 23.5 Å². The van der Waals surface area contributed by atoms with E-state index in [1.54, 1.807) is 23.5 Å². The molecule has 0 fully saturated rings. The van der Waals surface area contributed by atoms with E-state index in [2.05, 4.69) is 0 Å². The first kappa shape index (κ1) is 24.3. The van der Waals surface area contributed by atoms with Crippen LogP contribution >= 0.6 is 70.6 Å². The Morgan fingerprint density at radius 3 is 1.36 bits per heavy atom. The van der Waals surface area contributed by atoms with Crippen molar-refractivity contribution in [3.63, 3.8) is 0 Å². The van der Waals surface area contributed by atoms with E-state index in [9.17, 15) is 19.8 Å². The van der Waals surface area contributed by atoms with Gasteiger partial charge >= 0.3 is 59.1 Å². The molecule has 0 aliphatic carbocycles. The van der Waals surface area contributed by atoms with Crippen LogP contribution in [0.4, 0.5) is 0 Å². The summed E-state index contributed by atoms with van der Waals surface area (Å²) in [4.78, 5) is 21.4. The van der Waals surface area contributed by atoms with Gasteiger partial charge in [-0.3, -0.25) is 0 Å². The minimum absolute atomic E-state index is 0. The zero-order chi connectivity index (χ0) is 14.9. The number of hydrogen-bond donors (Lipinski definition) is 0. The van der Waals surface area contributed by atoms with Crippen molar-refractivity contribution in [2.75, 3.05) is 12.5 Å². The minimum atomic E-state index is -1.48. The van der Waals surface area contributed by atoms with Gasteiger partial charge in [-0.1, -0.05) is 47.0 Å². The Labute approximate surface area is 197 Å². The van der Waals surface area contributed by atoms with E-state index in [0.29, 0.717) is 4.24 Å². The van der Waals surface area contributed by atoms with E-state index < -0.39 is 11.9 Å². The predicted molar refractivity (Wildman–Crippen MR) is 88.5 cm³/mol. The number of carbonyl (C=O) groups is 2. The minimum Gasteiger partial charge on any atom is -0.544 e. The van der Waals surface area contributed by atoms with Crippen LogP contribution in [0, 0.1) is 0 Å². The second-order valence-electron chi connectivity index (χ2n) is 3.20. The first-order valence-corrected chi connectivity index (χ1v) is 10.6. The van der Waals surface area contributed by atoms with Crippen molar-refractivity contribution in [2.24, 2.45) is 0 Å². The summed E-state index contributed by atoms with van der Waals surface area (Å²) in [5, 5.41) is 21.9. The van der Waals surface area contributed by atoms with Crippen molar-refractivity contribution < 1.29 is 78.9 Å². The van der Waals surface area contributed by atoms with Crippen LogP contribution < -0.4 is 69.3 Å². The van der Waals surface area contributed by atoms with E-state index in [4.69, 9.17) is 0 Å². The molecule has 0 bridgehead atoms. The molecule has 0 amide bonds. The molecular formula is C10H6Na2O4S6. The van der Waals surface area contributed by atoms with Gasteiger partial charge in [-0.05, 0) is 12.5 Å². The van der Waals surface area contributed by atoms with E-state index in [1.807, 2.05) is 12.5 Å². The van der Waals surface area contributed by atoms with Gasteiger partial charge < -0.3 is 19.8 Å². The van der Waals surface area contributed by atoms with E-state index in [-0.39, 0.29) is 68.9 Å². The molecule has 0 unspecified atom stereocenters. The van der Waals surface area contributed by atoms with E-state index in [0.717, 1.165) is 36.2 Å². The first-order valence-electron chi connectivity index (χ1n) is 4.92. The average Bonchev–Trinajstić information content (AvgIpc) is 3.01. The number of aliphatic carboxylic acids is 2. The molecule has 108 valence electrons. The van der Waals surface area contributed by atoms with E-state index in [1.165, 1.54) is 23.5 Å². The molecule has 0 spiro atoms. The molecule has 2 aliphatic rings. The fraction of sp³-hybridized carbons (Fsp3) is 0.200. The Morgan fingerprint density at radius 2 is 1.09 bits per heavy atom. The molecule has 0 aromatic carbocycles. The Bertz CT molecular complexity index is 540. The van der Waals surface area contributed by atoms with Crippen LogP contribution in [0.15, 0.2) is 26.8 Å². The molecule has 22 heavy (non-hydrogen) atoms. The summed E-state index contributed by atoms with van der Waals surface area (Å²) in [5.74, 6) is -2.96. The summed E-state index contributed by atoms with van der Waals surface area (Å²) in [7, 11) is 0. The van der Waals surface area contributed by atoms with Crippen LogP contribution in [-0.2, 0) is 9.59 Å². The Hall–Kier alpha value is 2.26. The number of carboxylic acids is 2. The van der Waals surface area contributed by atoms with Crippen LogP contribution in [0.1, 0.15) is 0 Å². The fourth-order valence-corrected chi connectivity index (χ4v) is 8.88. The van der Waals surface area contributed by atoms with Crippen LogP contribution in [0.3, 0.4) is 0 Å². The molecule has 12 heteroatoms. The topological polar surface area (TPSA) is 80.3 Å². The van der Waals surface area contributed by atoms with Crippen molar-refractivity contribution in [1.29, 1.82) is 0 Å². The Kier molecular flexibility index (Phi) is 12.2. The summed E-state index contributed by atoms with van der Waals surface area (Å²) in [6, 6.07) is 0. The maximum Gasteiger partial charge on any atom is 1.00 e. The summed E-state index contributed by atoms with van der Waals surface area (Å²) >= 11 is 8.17. The van der Waals surface area contributed by atoms with Gasteiger partial charge in [-0.25, -0.2) is 0 Å². The van der Waals surface area contributed by atoms with Gasteiger partial charge in [0, 0.05) is 0 Å². The quantitative estimate of drug-likeness (QED) is 0.410. The Balaban J connectivity index is 0.00000220. The van der Waals surface area contributed by atoms with Crippen LogP contribution in [0.5, 0.6) is 0 Å². The van der Waals surface area contributed by atoms with Crippen molar-refractivity contribution in [3.8, 4) is 0 Å². The molecule has 0 aromatic rings. The van der Waals surface area contributed by atoms with Crippen molar-refractivity contribution in [2.45, 2.75) is 0 Å². The number of carbonyl (C=O) groups excluding carboxylic acids is 2. The second-order valence-corrected chi connectivity index (χ2v) is 9.95. The van der Waals surface area contributed by atoms with Gasteiger partial charge in [0.1, 0.15) is 0 Å². The number of hydrogen-bond acceptors (Lipinski definition) is 10. The molecule has 2 heterocycles. The zero-order valence-corrected chi connectivity index (χ0v) is 21.0. The van der Waals surface area contributed by atoms with Crippen LogP contribution in [0.25, 0.3) is 0 Å². The van der Waals surface area contributed by atoms with Crippen LogP contribution in [0.2, 0.25) is 0 Å². The normalized spacial score (nSPS) is 17.5. The SMILES string of the molecule is CSC1=C(SC)SC(=C2SC(C(=O)[O-])=C(C(=O)[O-])S2)S1.[Na+].[Na+]. The molecule has 2 aliphatic heterocycles.